The normalized spacial score (nSPS) is 13.5. The highest BCUT2D eigenvalue weighted by atomic mass is 15.0. The second-order valence-electron chi connectivity index (χ2n) is 4.94. The van der Waals surface area contributed by atoms with Gasteiger partial charge < -0.3 is 5.32 Å². The number of nitrogens with one attached hydrogen (secondary N) is 1. The van der Waals surface area contributed by atoms with Gasteiger partial charge in [0.05, 0.1) is 12.6 Å². The molecule has 1 N–H and O–H groups in total. The molecule has 0 saturated carbocycles. The Bertz CT molecular complexity index is 507. The third-order valence-electron chi connectivity index (χ3n) is 3.39. The molecule has 0 amide bonds. The van der Waals surface area contributed by atoms with Gasteiger partial charge in [0.2, 0.25) is 0 Å². The van der Waals surface area contributed by atoms with Crippen molar-refractivity contribution in [3.63, 3.8) is 0 Å². The summed E-state index contributed by atoms with van der Waals surface area (Å²) in [7, 11) is 0. The maximum absolute atomic E-state index is 8.90. The average molecular weight is 256 g/mol. The summed E-state index contributed by atoms with van der Waals surface area (Å²) in [4.78, 5) is 9.14. The van der Waals surface area contributed by atoms with E-state index in [9.17, 15) is 0 Å². The van der Waals surface area contributed by atoms with E-state index in [1.54, 1.807) is 0 Å². The third kappa shape index (κ3) is 3.11. The first-order valence-corrected chi connectivity index (χ1v) is 7.00. The van der Waals surface area contributed by atoms with Crippen LogP contribution < -0.4 is 5.32 Å². The highest BCUT2D eigenvalue weighted by Crippen LogP contribution is 2.27. The van der Waals surface area contributed by atoms with Gasteiger partial charge in [-0.25, -0.2) is 9.97 Å². The van der Waals surface area contributed by atoms with Crippen molar-refractivity contribution in [2.75, 3.05) is 11.9 Å². The molecule has 0 fully saturated rings. The summed E-state index contributed by atoms with van der Waals surface area (Å²) in [5, 5.41) is 12.1. The number of rotatable bonds is 5. The molecular formula is C15H20N4. The molecule has 0 unspecified atom stereocenters. The van der Waals surface area contributed by atoms with Crippen LogP contribution in [0.5, 0.6) is 0 Å². The minimum absolute atomic E-state index is 0.448. The van der Waals surface area contributed by atoms with Crippen molar-refractivity contribution in [3.8, 4) is 6.07 Å². The molecule has 0 saturated heterocycles. The molecule has 100 valence electrons. The van der Waals surface area contributed by atoms with Crippen LogP contribution in [0.25, 0.3) is 6.08 Å². The van der Waals surface area contributed by atoms with Crippen molar-refractivity contribution in [1.29, 1.82) is 5.26 Å². The number of hydrogen-bond acceptors (Lipinski definition) is 4. The fourth-order valence-electron chi connectivity index (χ4n) is 2.44. The van der Waals surface area contributed by atoms with Crippen LogP contribution in [-0.2, 0) is 0 Å². The molecule has 2 heterocycles. The fraction of sp³-hybridized carbons (Fsp3) is 0.533. The molecule has 1 aromatic heterocycles. The molecule has 0 aromatic carbocycles. The van der Waals surface area contributed by atoms with Crippen molar-refractivity contribution < 1.29 is 0 Å². The minimum atomic E-state index is 0.448. The summed E-state index contributed by atoms with van der Waals surface area (Å²) >= 11 is 0. The summed E-state index contributed by atoms with van der Waals surface area (Å²) in [5.74, 6) is 2.24. The molecule has 0 atom stereocenters. The number of nitrogens with zero attached hydrogens (tertiary/aromatic N) is 3. The fourth-order valence-corrected chi connectivity index (χ4v) is 2.44. The van der Waals surface area contributed by atoms with Crippen LogP contribution in [0.1, 0.15) is 56.8 Å². The number of aromatic nitrogens is 2. The van der Waals surface area contributed by atoms with Gasteiger partial charge >= 0.3 is 0 Å². The van der Waals surface area contributed by atoms with E-state index in [1.807, 2.05) is 12.3 Å². The van der Waals surface area contributed by atoms with Crippen LogP contribution in [0, 0.1) is 11.3 Å². The molecule has 1 aliphatic heterocycles. The van der Waals surface area contributed by atoms with E-state index >= 15 is 0 Å². The predicted octanol–water partition coefficient (Wildman–Crippen LogP) is 3.49. The van der Waals surface area contributed by atoms with Crippen molar-refractivity contribution in [1.82, 2.24) is 9.97 Å². The minimum Gasteiger partial charge on any atom is -0.365 e. The topological polar surface area (TPSA) is 61.6 Å². The maximum Gasteiger partial charge on any atom is 0.137 e. The van der Waals surface area contributed by atoms with Crippen LogP contribution in [-0.4, -0.2) is 16.5 Å². The molecular weight excluding hydrogens is 236 g/mol. The quantitative estimate of drug-likeness (QED) is 0.876. The standard InChI is InChI=1S/C15H20N4/c1-3-5-12(6-4-2)14-18-10-13-7-11(8-16)9-17-15(13)19-14/h7,10,12H,3-6,9H2,1-2H3,(H,17,18,19). The summed E-state index contributed by atoms with van der Waals surface area (Å²) in [6.45, 7) is 4.95. The summed E-state index contributed by atoms with van der Waals surface area (Å²) in [6.07, 6.45) is 8.26. The van der Waals surface area contributed by atoms with Crippen LogP contribution in [0.15, 0.2) is 11.8 Å². The van der Waals surface area contributed by atoms with Crippen LogP contribution in [0.4, 0.5) is 5.82 Å². The first-order chi connectivity index (χ1) is 9.28. The zero-order valence-electron chi connectivity index (χ0n) is 11.6. The smallest absolute Gasteiger partial charge is 0.137 e. The maximum atomic E-state index is 8.90. The van der Waals surface area contributed by atoms with E-state index < -0.39 is 0 Å². The number of fused-ring (bicyclic) bond motifs is 1. The van der Waals surface area contributed by atoms with Gasteiger partial charge in [0, 0.05) is 23.3 Å². The van der Waals surface area contributed by atoms with E-state index in [4.69, 9.17) is 5.26 Å². The van der Waals surface area contributed by atoms with Gasteiger partial charge in [-0.05, 0) is 18.9 Å². The largest absolute Gasteiger partial charge is 0.365 e. The van der Waals surface area contributed by atoms with Crippen molar-refractivity contribution >= 4 is 11.9 Å². The van der Waals surface area contributed by atoms with Crippen LogP contribution in [0.2, 0.25) is 0 Å². The van der Waals surface area contributed by atoms with Gasteiger partial charge in [-0.2, -0.15) is 5.26 Å². The predicted molar refractivity (Wildman–Crippen MR) is 76.7 cm³/mol. The Hall–Kier alpha value is -1.89. The van der Waals surface area contributed by atoms with E-state index in [-0.39, 0.29) is 0 Å². The van der Waals surface area contributed by atoms with Gasteiger partial charge in [0.1, 0.15) is 11.6 Å². The van der Waals surface area contributed by atoms with Crippen molar-refractivity contribution in [3.05, 3.63) is 23.2 Å². The molecule has 4 nitrogen and oxygen atoms in total. The van der Waals surface area contributed by atoms with Crippen LogP contribution in [0.3, 0.4) is 0 Å². The summed E-state index contributed by atoms with van der Waals surface area (Å²) in [5.41, 5.74) is 1.64. The van der Waals surface area contributed by atoms with Gasteiger partial charge in [0.25, 0.3) is 0 Å². The Morgan fingerprint density at radius 1 is 1.37 bits per heavy atom. The Morgan fingerprint density at radius 3 is 2.74 bits per heavy atom. The van der Waals surface area contributed by atoms with Gasteiger partial charge in [-0.3, -0.25) is 0 Å². The zero-order chi connectivity index (χ0) is 13.7. The highest BCUT2D eigenvalue weighted by molar-refractivity contribution is 5.70. The van der Waals surface area contributed by atoms with E-state index in [0.717, 1.165) is 48.5 Å². The summed E-state index contributed by atoms with van der Waals surface area (Å²) in [6, 6.07) is 2.17. The Morgan fingerprint density at radius 2 is 2.11 bits per heavy atom. The molecule has 2 rings (SSSR count). The first kappa shape index (κ1) is 13.5. The summed E-state index contributed by atoms with van der Waals surface area (Å²) < 4.78 is 0. The van der Waals surface area contributed by atoms with Crippen molar-refractivity contribution in [2.45, 2.75) is 45.4 Å². The molecule has 19 heavy (non-hydrogen) atoms. The highest BCUT2D eigenvalue weighted by Gasteiger charge is 2.17. The Kier molecular flexibility index (Phi) is 4.51. The molecule has 4 heteroatoms. The first-order valence-electron chi connectivity index (χ1n) is 7.00. The second-order valence-corrected chi connectivity index (χ2v) is 4.94. The number of hydrogen-bond donors (Lipinski definition) is 1. The molecule has 0 aliphatic carbocycles. The molecule has 0 radical (unpaired) electrons. The lowest BCUT2D eigenvalue weighted by atomic mass is 9.97. The monoisotopic (exact) mass is 256 g/mol. The molecule has 0 bridgehead atoms. The lowest BCUT2D eigenvalue weighted by Gasteiger charge is -2.18. The van der Waals surface area contributed by atoms with Crippen molar-refractivity contribution in [2.24, 2.45) is 0 Å². The van der Waals surface area contributed by atoms with E-state index in [2.05, 4.69) is 35.2 Å². The SMILES string of the molecule is CCCC(CCC)c1ncc2c(n1)NCC(C#N)=C2. The Balaban J connectivity index is 2.26. The average Bonchev–Trinajstić information content (AvgIpc) is 2.46. The molecule has 1 aromatic rings. The van der Waals surface area contributed by atoms with Crippen LogP contribution >= 0.6 is 0 Å². The molecule has 0 spiro atoms. The second kappa shape index (κ2) is 6.33. The third-order valence-corrected chi connectivity index (χ3v) is 3.39. The molecule has 1 aliphatic rings. The zero-order valence-corrected chi connectivity index (χ0v) is 11.6. The van der Waals surface area contributed by atoms with Gasteiger partial charge in [0.15, 0.2) is 0 Å². The van der Waals surface area contributed by atoms with E-state index in [0.29, 0.717) is 12.5 Å². The lowest BCUT2D eigenvalue weighted by molar-refractivity contribution is 0.534. The van der Waals surface area contributed by atoms with Gasteiger partial charge in [-0.15, -0.1) is 0 Å². The van der Waals surface area contributed by atoms with E-state index in [1.165, 1.54) is 0 Å². The van der Waals surface area contributed by atoms with Gasteiger partial charge in [-0.1, -0.05) is 26.7 Å². The number of anilines is 1. The lowest BCUT2D eigenvalue weighted by Crippen LogP contribution is -2.14. The number of nitriles is 1. The Labute approximate surface area is 114 Å².